The third kappa shape index (κ3) is 1.88. The Morgan fingerprint density at radius 1 is 1.33 bits per heavy atom. The van der Waals surface area contributed by atoms with Crippen molar-refractivity contribution in [2.24, 2.45) is 7.05 Å². The molecule has 1 amide bonds. The topological polar surface area (TPSA) is 46.9 Å². The summed E-state index contributed by atoms with van der Waals surface area (Å²) in [5.74, 6) is -0.0429. The summed E-state index contributed by atoms with van der Waals surface area (Å²) in [6.45, 7) is 0. The van der Waals surface area contributed by atoms with Gasteiger partial charge in [-0.15, -0.1) is 0 Å². The number of rotatable bonds is 2. The van der Waals surface area contributed by atoms with Gasteiger partial charge in [0.1, 0.15) is 0 Å². The molecule has 2 aromatic rings. The minimum Gasteiger partial charge on any atom is -0.348 e. The van der Waals surface area contributed by atoms with Crippen LogP contribution >= 0.6 is 0 Å². The van der Waals surface area contributed by atoms with E-state index in [1.807, 2.05) is 31.3 Å². The third-order valence-electron chi connectivity index (χ3n) is 3.66. The van der Waals surface area contributed by atoms with Crippen molar-refractivity contribution >= 4 is 16.8 Å². The predicted octanol–water partition coefficient (Wildman–Crippen LogP) is 2.25. The summed E-state index contributed by atoms with van der Waals surface area (Å²) in [4.78, 5) is 12.2. The fraction of sp³-hybridized carbons (Fsp3) is 0.429. The number of carbonyl (C=O) groups excluding carboxylic acids is 1. The largest absolute Gasteiger partial charge is 0.348 e. The molecule has 4 nitrogen and oxygen atoms in total. The quantitative estimate of drug-likeness (QED) is 0.879. The maximum Gasteiger partial charge on any atom is 0.272 e. The number of benzene rings is 1. The highest BCUT2D eigenvalue weighted by molar-refractivity contribution is 6.04. The van der Waals surface area contributed by atoms with E-state index in [0.29, 0.717) is 11.7 Å². The van der Waals surface area contributed by atoms with E-state index in [-0.39, 0.29) is 5.91 Å². The predicted molar refractivity (Wildman–Crippen MR) is 70.4 cm³/mol. The van der Waals surface area contributed by atoms with Crippen molar-refractivity contribution in [3.63, 3.8) is 0 Å². The number of nitrogens with one attached hydrogen (secondary N) is 1. The minimum atomic E-state index is -0.0429. The Kier molecular flexibility index (Phi) is 2.78. The highest BCUT2D eigenvalue weighted by atomic mass is 16.2. The average Bonchev–Trinajstić information content (AvgIpc) is 2.98. The Hall–Kier alpha value is -1.84. The fourth-order valence-corrected chi connectivity index (χ4v) is 2.71. The van der Waals surface area contributed by atoms with Crippen molar-refractivity contribution in [2.75, 3.05) is 0 Å². The van der Waals surface area contributed by atoms with Crippen LogP contribution in [0.4, 0.5) is 0 Å². The first-order chi connectivity index (χ1) is 8.75. The fourth-order valence-electron chi connectivity index (χ4n) is 2.71. The van der Waals surface area contributed by atoms with Gasteiger partial charge >= 0.3 is 0 Å². The number of aryl methyl sites for hydroxylation is 1. The van der Waals surface area contributed by atoms with Gasteiger partial charge in [-0.3, -0.25) is 9.48 Å². The van der Waals surface area contributed by atoms with Crippen molar-refractivity contribution in [2.45, 2.75) is 31.7 Å². The molecular formula is C14H17N3O. The first-order valence-electron chi connectivity index (χ1n) is 6.48. The second kappa shape index (κ2) is 4.44. The SMILES string of the molecule is Cn1nc(C(=O)NC2CCCC2)c2ccccc21. The van der Waals surface area contributed by atoms with Gasteiger partial charge in [-0.05, 0) is 18.9 Å². The molecule has 0 bridgehead atoms. The Bertz CT molecular complexity index is 582. The van der Waals surface area contributed by atoms with Crippen LogP contribution in [0.1, 0.15) is 36.2 Å². The minimum absolute atomic E-state index is 0.0429. The molecule has 0 spiro atoms. The number of para-hydroxylation sites is 1. The Labute approximate surface area is 106 Å². The lowest BCUT2D eigenvalue weighted by atomic mass is 10.2. The molecule has 1 heterocycles. The summed E-state index contributed by atoms with van der Waals surface area (Å²) in [6.07, 6.45) is 4.62. The number of hydrogen-bond donors (Lipinski definition) is 1. The Balaban J connectivity index is 1.91. The monoisotopic (exact) mass is 243 g/mol. The zero-order chi connectivity index (χ0) is 12.5. The van der Waals surface area contributed by atoms with Crippen molar-refractivity contribution in [1.82, 2.24) is 15.1 Å². The molecule has 4 heteroatoms. The molecule has 0 unspecified atom stereocenters. The lowest BCUT2D eigenvalue weighted by Crippen LogP contribution is -2.33. The van der Waals surface area contributed by atoms with Crippen LogP contribution in [0.3, 0.4) is 0 Å². The number of amides is 1. The van der Waals surface area contributed by atoms with Gasteiger partial charge in [-0.25, -0.2) is 0 Å². The number of hydrogen-bond acceptors (Lipinski definition) is 2. The molecule has 1 aromatic carbocycles. The van der Waals surface area contributed by atoms with Gasteiger partial charge in [0.15, 0.2) is 5.69 Å². The van der Waals surface area contributed by atoms with Crippen LogP contribution < -0.4 is 5.32 Å². The summed E-state index contributed by atoms with van der Waals surface area (Å²) in [7, 11) is 1.87. The van der Waals surface area contributed by atoms with E-state index in [1.54, 1.807) is 4.68 Å². The van der Waals surface area contributed by atoms with Gasteiger partial charge in [0.05, 0.1) is 5.52 Å². The van der Waals surface area contributed by atoms with Gasteiger partial charge in [0.25, 0.3) is 5.91 Å². The molecule has 18 heavy (non-hydrogen) atoms. The van der Waals surface area contributed by atoms with Crippen LogP contribution in [0.2, 0.25) is 0 Å². The lowest BCUT2D eigenvalue weighted by molar-refractivity contribution is 0.0933. The Morgan fingerprint density at radius 3 is 2.83 bits per heavy atom. The second-order valence-corrected chi connectivity index (χ2v) is 4.94. The van der Waals surface area contributed by atoms with Gasteiger partial charge < -0.3 is 5.32 Å². The molecule has 0 aliphatic heterocycles. The molecule has 1 aromatic heterocycles. The first kappa shape index (κ1) is 11.3. The van der Waals surface area contributed by atoms with Crippen LogP contribution in [-0.4, -0.2) is 21.7 Å². The van der Waals surface area contributed by atoms with E-state index in [1.165, 1.54) is 12.8 Å². The maximum atomic E-state index is 12.2. The van der Waals surface area contributed by atoms with E-state index in [9.17, 15) is 4.79 Å². The summed E-state index contributed by atoms with van der Waals surface area (Å²) in [6, 6.07) is 8.16. The molecule has 0 radical (unpaired) electrons. The van der Waals surface area contributed by atoms with Gasteiger partial charge in [0, 0.05) is 18.5 Å². The van der Waals surface area contributed by atoms with E-state index in [0.717, 1.165) is 23.7 Å². The number of nitrogens with zero attached hydrogens (tertiary/aromatic N) is 2. The number of carbonyl (C=O) groups is 1. The maximum absolute atomic E-state index is 12.2. The molecule has 0 saturated heterocycles. The summed E-state index contributed by atoms with van der Waals surface area (Å²) < 4.78 is 1.76. The van der Waals surface area contributed by atoms with Crippen molar-refractivity contribution in [3.05, 3.63) is 30.0 Å². The van der Waals surface area contributed by atoms with Crippen LogP contribution in [0, 0.1) is 0 Å². The van der Waals surface area contributed by atoms with Crippen LogP contribution in [-0.2, 0) is 7.05 Å². The molecule has 94 valence electrons. The van der Waals surface area contributed by atoms with Crippen LogP contribution in [0.25, 0.3) is 10.9 Å². The van der Waals surface area contributed by atoms with Crippen LogP contribution in [0.5, 0.6) is 0 Å². The second-order valence-electron chi connectivity index (χ2n) is 4.94. The smallest absolute Gasteiger partial charge is 0.272 e. The first-order valence-corrected chi connectivity index (χ1v) is 6.48. The molecule has 1 fully saturated rings. The van der Waals surface area contributed by atoms with Gasteiger partial charge in [-0.1, -0.05) is 31.0 Å². The van der Waals surface area contributed by atoms with Crippen LogP contribution in [0.15, 0.2) is 24.3 Å². The standard InChI is InChI=1S/C14H17N3O/c1-17-12-9-5-4-8-11(12)13(16-17)14(18)15-10-6-2-3-7-10/h4-5,8-10H,2-3,6-7H2,1H3,(H,15,18). The molecule has 0 atom stereocenters. The average molecular weight is 243 g/mol. The summed E-state index contributed by atoms with van der Waals surface area (Å²) in [5, 5.41) is 8.35. The van der Waals surface area contributed by atoms with Crippen molar-refractivity contribution in [3.8, 4) is 0 Å². The van der Waals surface area contributed by atoms with E-state index in [4.69, 9.17) is 0 Å². The molecule has 1 aliphatic carbocycles. The van der Waals surface area contributed by atoms with Crippen molar-refractivity contribution in [1.29, 1.82) is 0 Å². The van der Waals surface area contributed by atoms with E-state index >= 15 is 0 Å². The van der Waals surface area contributed by atoms with Gasteiger partial charge in [0.2, 0.25) is 0 Å². The molecular weight excluding hydrogens is 226 g/mol. The van der Waals surface area contributed by atoms with Gasteiger partial charge in [-0.2, -0.15) is 5.10 Å². The third-order valence-corrected chi connectivity index (χ3v) is 3.66. The normalized spacial score (nSPS) is 16.3. The Morgan fingerprint density at radius 2 is 2.06 bits per heavy atom. The zero-order valence-electron chi connectivity index (χ0n) is 10.5. The zero-order valence-corrected chi connectivity index (χ0v) is 10.5. The lowest BCUT2D eigenvalue weighted by Gasteiger charge is -2.10. The molecule has 1 saturated carbocycles. The van der Waals surface area contributed by atoms with Crippen molar-refractivity contribution < 1.29 is 4.79 Å². The highest BCUT2D eigenvalue weighted by Gasteiger charge is 2.21. The van der Waals surface area contributed by atoms with E-state index < -0.39 is 0 Å². The molecule has 1 N–H and O–H groups in total. The number of aromatic nitrogens is 2. The summed E-state index contributed by atoms with van der Waals surface area (Å²) >= 11 is 0. The summed E-state index contributed by atoms with van der Waals surface area (Å²) in [5.41, 5.74) is 1.54. The highest BCUT2D eigenvalue weighted by Crippen LogP contribution is 2.20. The van der Waals surface area contributed by atoms with E-state index in [2.05, 4.69) is 10.4 Å². The molecule has 1 aliphatic rings. The number of fused-ring (bicyclic) bond motifs is 1. The molecule has 3 rings (SSSR count).